The lowest BCUT2D eigenvalue weighted by molar-refractivity contribution is 0.711. The zero-order valence-electron chi connectivity index (χ0n) is 11.9. The number of hydrogen-bond donors (Lipinski definition) is 1. The Bertz CT molecular complexity index is 676. The van der Waals surface area contributed by atoms with Crippen LogP contribution in [0.2, 0.25) is 0 Å². The summed E-state index contributed by atoms with van der Waals surface area (Å²) in [5.74, 6) is 0.499. The second-order valence-electron chi connectivity index (χ2n) is 4.82. The van der Waals surface area contributed by atoms with E-state index in [-0.39, 0.29) is 11.5 Å². The van der Waals surface area contributed by atoms with Crippen LogP contribution < -0.4 is 5.56 Å². The SMILES string of the molecule is CCC(C)C(=N)c1nc(-c2ccncc2)cc(=O)n1C. The summed E-state index contributed by atoms with van der Waals surface area (Å²) in [6, 6.07) is 5.10. The van der Waals surface area contributed by atoms with Gasteiger partial charge in [-0.15, -0.1) is 0 Å². The average molecular weight is 270 g/mol. The lowest BCUT2D eigenvalue weighted by Gasteiger charge is -2.14. The molecule has 0 saturated heterocycles. The number of pyridine rings is 1. The van der Waals surface area contributed by atoms with Crippen molar-refractivity contribution >= 4 is 5.71 Å². The molecule has 0 amide bonds. The molecule has 0 aromatic carbocycles. The molecule has 104 valence electrons. The number of aromatic nitrogens is 3. The molecule has 2 aromatic heterocycles. The molecule has 0 bridgehead atoms. The first kappa shape index (κ1) is 14.1. The van der Waals surface area contributed by atoms with E-state index < -0.39 is 0 Å². The van der Waals surface area contributed by atoms with Gasteiger partial charge in [0.15, 0.2) is 5.82 Å². The van der Waals surface area contributed by atoms with E-state index in [0.717, 1.165) is 12.0 Å². The maximum absolute atomic E-state index is 12.1. The minimum Gasteiger partial charge on any atom is -0.301 e. The standard InChI is InChI=1S/C15H18N4O/c1-4-10(2)14(16)15-18-12(9-13(20)19(15)3)11-5-7-17-8-6-11/h5-10,16H,4H2,1-3H3. The first-order valence-electron chi connectivity index (χ1n) is 6.61. The first-order valence-corrected chi connectivity index (χ1v) is 6.61. The molecule has 0 saturated carbocycles. The summed E-state index contributed by atoms with van der Waals surface area (Å²) in [4.78, 5) is 20.5. The van der Waals surface area contributed by atoms with E-state index >= 15 is 0 Å². The second-order valence-corrected chi connectivity index (χ2v) is 4.82. The molecule has 0 spiro atoms. The predicted molar refractivity (Wildman–Crippen MR) is 79.0 cm³/mol. The number of hydrogen-bond acceptors (Lipinski definition) is 4. The van der Waals surface area contributed by atoms with Crippen LogP contribution in [0.1, 0.15) is 26.1 Å². The lowest BCUT2D eigenvalue weighted by Crippen LogP contribution is -2.27. The van der Waals surface area contributed by atoms with Gasteiger partial charge in [0, 0.05) is 37.0 Å². The van der Waals surface area contributed by atoms with Crippen molar-refractivity contribution in [2.75, 3.05) is 0 Å². The highest BCUT2D eigenvalue weighted by Crippen LogP contribution is 2.16. The topological polar surface area (TPSA) is 71.6 Å². The number of nitrogens with zero attached hydrogens (tertiary/aromatic N) is 3. The van der Waals surface area contributed by atoms with E-state index in [0.29, 0.717) is 17.2 Å². The fourth-order valence-corrected chi connectivity index (χ4v) is 1.88. The fraction of sp³-hybridized carbons (Fsp3) is 0.333. The van der Waals surface area contributed by atoms with Gasteiger partial charge in [0.2, 0.25) is 0 Å². The van der Waals surface area contributed by atoms with Gasteiger partial charge in [0.1, 0.15) is 0 Å². The molecule has 1 unspecified atom stereocenters. The Hall–Kier alpha value is -2.30. The molecule has 5 heteroatoms. The van der Waals surface area contributed by atoms with Crippen LogP contribution in [-0.4, -0.2) is 20.2 Å². The molecular formula is C15H18N4O. The van der Waals surface area contributed by atoms with E-state index in [2.05, 4.69) is 9.97 Å². The van der Waals surface area contributed by atoms with Crippen molar-refractivity contribution in [1.82, 2.24) is 14.5 Å². The first-order chi connectivity index (χ1) is 9.54. The summed E-state index contributed by atoms with van der Waals surface area (Å²) in [6.45, 7) is 3.98. The molecule has 2 rings (SSSR count). The third kappa shape index (κ3) is 2.66. The Labute approximate surface area is 117 Å². The quantitative estimate of drug-likeness (QED) is 0.866. The van der Waals surface area contributed by atoms with Crippen LogP contribution in [-0.2, 0) is 7.05 Å². The summed E-state index contributed by atoms with van der Waals surface area (Å²) < 4.78 is 1.43. The van der Waals surface area contributed by atoms with Crippen LogP contribution in [0.5, 0.6) is 0 Å². The average Bonchev–Trinajstić information content (AvgIpc) is 2.49. The van der Waals surface area contributed by atoms with Gasteiger partial charge in [-0.3, -0.25) is 14.3 Å². The van der Waals surface area contributed by atoms with E-state index in [1.807, 2.05) is 13.8 Å². The molecule has 2 aromatic rings. The molecule has 0 radical (unpaired) electrons. The summed E-state index contributed by atoms with van der Waals surface area (Å²) >= 11 is 0. The number of nitrogens with one attached hydrogen (secondary N) is 1. The molecule has 1 atom stereocenters. The minimum atomic E-state index is -0.158. The fourth-order valence-electron chi connectivity index (χ4n) is 1.88. The Morgan fingerprint density at radius 3 is 2.65 bits per heavy atom. The third-order valence-electron chi connectivity index (χ3n) is 3.46. The largest absolute Gasteiger partial charge is 0.301 e. The maximum Gasteiger partial charge on any atom is 0.254 e. The summed E-state index contributed by atoms with van der Waals surface area (Å²) in [7, 11) is 1.65. The van der Waals surface area contributed by atoms with Crippen molar-refractivity contribution in [2.45, 2.75) is 20.3 Å². The zero-order valence-corrected chi connectivity index (χ0v) is 11.9. The van der Waals surface area contributed by atoms with Crippen LogP contribution in [0, 0.1) is 11.3 Å². The molecule has 5 nitrogen and oxygen atoms in total. The summed E-state index contributed by atoms with van der Waals surface area (Å²) in [5.41, 5.74) is 1.65. The van der Waals surface area contributed by atoms with E-state index in [9.17, 15) is 4.79 Å². The van der Waals surface area contributed by atoms with Gasteiger partial charge in [-0.2, -0.15) is 0 Å². The lowest BCUT2D eigenvalue weighted by atomic mass is 10.0. The molecule has 0 aliphatic heterocycles. The van der Waals surface area contributed by atoms with Gasteiger partial charge < -0.3 is 5.41 Å². The minimum absolute atomic E-state index is 0.0702. The van der Waals surface area contributed by atoms with Crippen LogP contribution in [0.4, 0.5) is 0 Å². The highest BCUT2D eigenvalue weighted by molar-refractivity contribution is 5.97. The van der Waals surface area contributed by atoms with Crippen molar-refractivity contribution in [3.05, 3.63) is 46.8 Å². The van der Waals surface area contributed by atoms with Crippen LogP contribution in [0.15, 0.2) is 35.4 Å². The van der Waals surface area contributed by atoms with Crippen molar-refractivity contribution in [2.24, 2.45) is 13.0 Å². The summed E-state index contributed by atoms with van der Waals surface area (Å²) in [6.07, 6.45) is 4.16. The highest BCUT2D eigenvalue weighted by atomic mass is 16.1. The molecule has 2 heterocycles. The Morgan fingerprint density at radius 1 is 1.40 bits per heavy atom. The second kappa shape index (κ2) is 5.77. The number of rotatable bonds is 4. The van der Waals surface area contributed by atoms with Gasteiger partial charge in [0.05, 0.1) is 11.4 Å². The maximum atomic E-state index is 12.1. The van der Waals surface area contributed by atoms with E-state index in [1.54, 1.807) is 31.6 Å². The monoisotopic (exact) mass is 270 g/mol. The Kier molecular flexibility index (Phi) is 4.08. The van der Waals surface area contributed by atoms with Gasteiger partial charge in [-0.1, -0.05) is 13.8 Å². The summed E-state index contributed by atoms with van der Waals surface area (Å²) in [5, 5.41) is 8.20. The van der Waals surface area contributed by atoms with E-state index in [1.165, 1.54) is 10.6 Å². The zero-order chi connectivity index (χ0) is 14.7. The van der Waals surface area contributed by atoms with Crippen molar-refractivity contribution in [3.63, 3.8) is 0 Å². The van der Waals surface area contributed by atoms with Crippen LogP contribution in [0.25, 0.3) is 11.3 Å². The van der Waals surface area contributed by atoms with Crippen molar-refractivity contribution in [1.29, 1.82) is 5.41 Å². The molecule has 1 N–H and O–H groups in total. The van der Waals surface area contributed by atoms with Gasteiger partial charge in [-0.25, -0.2) is 4.98 Å². The van der Waals surface area contributed by atoms with Gasteiger partial charge in [0.25, 0.3) is 5.56 Å². The smallest absolute Gasteiger partial charge is 0.254 e. The predicted octanol–water partition coefficient (Wildman–Crippen LogP) is 2.26. The molecular weight excluding hydrogens is 252 g/mol. The molecule has 0 aliphatic rings. The van der Waals surface area contributed by atoms with Crippen LogP contribution in [0.3, 0.4) is 0 Å². The van der Waals surface area contributed by atoms with E-state index in [4.69, 9.17) is 5.41 Å². The van der Waals surface area contributed by atoms with Crippen molar-refractivity contribution < 1.29 is 0 Å². The van der Waals surface area contributed by atoms with Crippen LogP contribution >= 0.6 is 0 Å². The third-order valence-corrected chi connectivity index (χ3v) is 3.46. The normalized spacial score (nSPS) is 12.2. The Morgan fingerprint density at radius 2 is 2.05 bits per heavy atom. The van der Waals surface area contributed by atoms with Crippen molar-refractivity contribution in [3.8, 4) is 11.3 Å². The highest BCUT2D eigenvalue weighted by Gasteiger charge is 2.16. The molecule has 0 fully saturated rings. The molecule has 0 aliphatic carbocycles. The Balaban J connectivity index is 2.57. The van der Waals surface area contributed by atoms with Gasteiger partial charge >= 0.3 is 0 Å². The van der Waals surface area contributed by atoms with Gasteiger partial charge in [-0.05, 0) is 18.6 Å². The molecule has 20 heavy (non-hydrogen) atoms.